The predicted octanol–water partition coefficient (Wildman–Crippen LogP) is 1.84. The van der Waals surface area contributed by atoms with Crippen LogP contribution in [0.5, 0.6) is 0 Å². The van der Waals surface area contributed by atoms with E-state index in [1.807, 2.05) is 0 Å². The maximum atomic E-state index is 12.2. The molecule has 0 aromatic carbocycles. The first-order valence-corrected chi connectivity index (χ1v) is 8.61. The van der Waals surface area contributed by atoms with Gasteiger partial charge in [-0.1, -0.05) is 11.6 Å². The van der Waals surface area contributed by atoms with Crippen LogP contribution in [0.4, 0.5) is 0 Å². The van der Waals surface area contributed by atoms with Crippen LogP contribution in [0.1, 0.15) is 19.3 Å². The van der Waals surface area contributed by atoms with Gasteiger partial charge in [-0.25, -0.2) is 13.1 Å². The Hall–Kier alpha value is 1.30. The summed E-state index contributed by atoms with van der Waals surface area (Å²) in [6.45, 7) is 0. The number of aliphatic hydroxyl groups excluding tert-OH is 1. The monoisotopic (exact) mass is 534 g/mol. The molecule has 1 aromatic heterocycles. The molecular weight excluding hydrogens is 521 g/mol. The van der Waals surface area contributed by atoms with E-state index < -0.39 is 10.0 Å². The molecular formula is C11H14AcClNO3S2. The Balaban J connectivity index is 0.00000133. The fraction of sp³-hybridized carbons (Fsp3) is 0.636. The molecule has 2 fully saturated rings. The Morgan fingerprint density at radius 2 is 2.11 bits per heavy atom. The smallest absolute Gasteiger partial charge is 0.250 e. The van der Waals surface area contributed by atoms with Crippen LogP contribution < -0.4 is 4.72 Å². The van der Waals surface area contributed by atoms with Crippen LogP contribution in [-0.4, -0.2) is 25.7 Å². The average molecular weight is 535 g/mol. The Kier molecular flexibility index (Phi) is 5.44. The molecule has 0 amide bonds. The first-order chi connectivity index (χ1) is 8.47. The summed E-state index contributed by atoms with van der Waals surface area (Å²) in [6.07, 6.45) is 2.26. The van der Waals surface area contributed by atoms with E-state index in [0.717, 1.165) is 24.2 Å². The van der Waals surface area contributed by atoms with Crippen molar-refractivity contribution >= 4 is 33.0 Å². The molecule has 2 aliphatic rings. The number of halogens is 1. The number of hydrogen-bond acceptors (Lipinski definition) is 4. The summed E-state index contributed by atoms with van der Waals surface area (Å²) in [6, 6.07) is 2.98. The van der Waals surface area contributed by atoms with E-state index in [1.54, 1.807) is 6.07 Å². The maximum absolute atomic E-state index is 12.2. The number of fused-ring (bicyclic) bond motifs is 2. The zero-order valence-electron chi connectivity index (χ0n) is 10.1. The molecule has 2 bridgehead atoms. The molecule has 1 radical (unpaired) electrons. The Morgan fingerprint density at radius 3 is 2.58 bits per heavy atom. The molecule has 2 saturated carbocycles. The van der Waals surface area contributed by atoms with Crippen LogP contribution in [0.3, 0.4) is 0 Å². The van der Waals surface area contributed by atoms with Gasteiger partial charge in [0.05, 0.1) is 10.4 Å². The molecule has 19 heavy (non-hydrogen) atoms. The Bertz CT molecular complexity index is 562. The van der Waals surface area contributed by atoms with Crippen molar-refractivity contribution in [2.75, 3.05) is 0 Å². The average Bonchev–Trinajstić information content (AvgIpc) is 2.94. The van der Waals surface area contributed by atoms with Crippen molar-refractivity contribution in [1.82, 2.24) is 4.72 Å². The molecule has 4 unspecified atom stereocenters. The van der Waals surface area contributed by atoms with Gasteiger partial charge < -0.3 is 5.11 Å². The minimum Gasteiger partial charge on any atom is -0.393 e. The van der Waals surface area contributed by atoms with E-state index in [-0.39, 0.29) is 72.3 Å². The molecule has 1 aromatic rings. The molecule has 8 heteroatoms. The summed E-state index contributed by atoms with van der Waals surface area (Å²) < 4.78 is 27.8. The van der Waals surface area contributed by atoms with Gasteiger partial charge in [-0.15, -0.1) is 11.3 Å². The van der Waals surface area contributed by atoms with E-state index in [2.05, 4.69) is 4.72 Å². The minimum atomic E-state index is -3.50. The van der Waals surface area contributed by atoms with Crippen LogP contribution in [-0.2, 0) is 10.0 Å². The third kappa shape index (κ3) is 3.23. The number of nitrogens with one attached hydrogen (secondary N) is 1. The van der Waals surface area contributed by atoms with Gasteiger partial charge in [0, 0.05) is 56.0 Å². The van der Waals surface area contributed by atoms with Gasteiger partial charge >= 0.3 is 0 Å². The molecule has 0 saturated heterocycles. The Morgan fingerprint density at radius 1 is 1.37 bits per heavy atom. The standard InChI is InChI=1S/C11H14ClNO3S2.Ac/c12-9-3-4-10(17-9)18(15,16)13-11-6-1-2-7(11)8(14)5-6;/h3-4,6-8,11,13-14H,1-2,5H2;. The van der Waals surface area contributed by atoms with E-state index in [0.29, 0.717) is 10.8 Å². The third-order valence-electron chi connectivity index (χ3n) is 3.98. The summed E-state index contributed by atoms with van der Waals surface area (Å²) in [7, 11) is -3.50. The summed E-state index contributed by atoms with van der Waals surface area (Å²) in [4.78, 5) is 0. The van der Waals surface area contributed by atoms with E-state index in [9.17, 15) is 13.5 Å². The second kappa shape index (κ2) is 6.20. The van der Waals surface area contributed by atoms with Crippen LogP contribution in [0.15, 0.2) is 16.3 Å². The van der Waals surface area contributed by atoms with Crippen molar-refractivity contribution < 1.29 is 57.6 Å². The first-order valence-electron chi connectivity index (χ1n) is 5.93. The van der Waals surface area contributed by atoms with Crippen LogP contribution in [0, 0.1) is 55.9 Å². The zero-order chi connectivity index (χ0) is 12.9. The van der Waals surface area contributed by atoms with Crippen molar-refractivity contribution in [2.24, 2.45) is 11.8 Å². The summed E-state index contributed by atoms with van der Waals surface area (Å²) in [5.41, 5.74) is 0. The van der Waals surface area contributed by atoms with E-state index in [4.69, 9.17) is 11.6 Å². The van der Waals surface area contributed by atoms with Gasteiger partial charge in [0.25, 0.3) is 0 Å². The van der Waals surface area contributed by atoms with Crippen LogP contribution >= 0.6 is 22.9 Å². The second-order valence-electron chi connectivity index (χ2n) is 5.01. The van der Waals surface area contributed by atoms with Gasteiger partial charge in [-0.05, 0) is 37.3 Å². The maximum Gasteiger partial charge on any atom is 0.250 e. The van der Waals surface area contributed by atoms with Crippen molar-refractivity contribution in [3.05, 3.63) is 16.5 Å². The molecule has 3 rings (SSSR count). The zero-order valence-corrected chi connectivity index (χ0v) is 17.3. The fourth-order valence-corrected chi connectivity index (χ4v) is 6.01. The number of hydrogen-bond donors (Lipinski definition) is 2. The van der Waals surface area contributed by atoms with Gasteiger partial charge in [0.1, 0.15) is 4.21 Å². The van der Waals surface area contributed by atoms with Gasteiger partial charge in [-0.2, -0.15) is 0 Å². The Labute approximate surface area is 157 Å². The number of sulfonamides is 1. The normalized spacial score (nSPS) is 33.4. The van der Waals surface area contributed by atoms with Gasteiger partial charge in [-0.3, -0.25) is 0 Å². The quantitative estimate of drug-likeness (QED) is 0.622. The minimum absolute atomic E-state index is 0. The molecule has 4 nitrogen and oxygen atoms in total. The number of thiophene rings is 1. The first kappa shape index (κ1) is 16.7. The predicted molar refractivity (Wildman–Crippen MR) is 70.3 cm³/mol. The van der Waals surface area contributed by atoms with E-state index >= 15 is 0 Å². The second-order valence-corrected chi connectivity index (χ2v) is 8.67. The SMILES string of the molecule is O=S(=O)(NC1C2CCC1C(O)C2)c1ccc(Cl)s1.[Ac]. The number of rotatable bonds is 3. The molecule has 2 aliphatic carbocycles. The fourth-order valence-electron chi connectivity index (χ4n) is 3.16. The van der Waals surface area contributed by atoms with Crippen molar-refractivity contribution in [3.8, 4) is 0 Å². The summed E-state index contributed by atoms with van der Waals surface area (Å²) >= 11 is 6.82. The molecule has 0 aliphatic heterocycles. The molecule has 4 atom stereocenters. The summed E-state index contributed by atoms with van der Waals surface area (Å²) in [5.74, 6) is 0.343. The third-order valence-corrected chi connectivity index (χ3v) is 7.17. The van der Waals surface area contributed by atoms with Crippen molar-refractivity contribution in [1.29, 1.82) is 0 Å². The molecule has 1 heterocycles. The van der Waals surface area contributed by atoms with Gasteiger partial charge in [0.2, 0.25) is 10.0 Å². The number of aliphatic hydroxyl groups is 1. The summed E-state index contributed by atoms with van der Waals surface area (Å²) in [5, 5.41) is 9.81. The van der Waals surface area contributed by atoms with Gasteiger partial charge in [0.15, 0.2) is 0 Å². The van der Waals surface area contributed by atoms with E-state index in [1.165, 1.54) is 6.07 Å². The van der Waals surface area contributed by atoms with Crippen molar-refractivity contribution in [3.63, 3.8) is 0 Å². The molecule has 2 N–H and O–H groups in total. The van der Waals surface area contributed by atoms with Crippen molar-refractivity contribution in [2.45, 2.75) is 35.6 Å². The largest absolute Gasteiger partial charge is 0.393 e. The van der Waals surface area contributed by atoms with Crippen LogP contribution in [0.25, 0.3) is 0 Å². The topological polar surface area (TPSA) is 66.4 Å². The van der Waals surface area contributed by atoms with Crippen LogP contribution in [0.2, 0.25) is 4.34 Å². The molecule has 0 spiro atoms. The molecule has 103 valence electrons.